The number of likely N-dealkylation sites (tertiary alicyclic amines) is 2. The van der Waals surface area contributed by atoms with Gasteiger partial charge in [0, 0.05) is 53.4 Å². The largest absolute Gasteiger partial charge is 0.379 e. The van der Waals surface area contributed by atoms with E-state index in [9.17, 15) is 4.79 Å². The normalized spacial score (nSPS) is 24.3. The molecule has 30 heavy (non-hydrogen) atoms. The monoisotopic (exact) mass is 422 g/mol. The molecule has 0 spiro atoms. The van der Waals surface area contributed by atoms with Crippen molar-refractivity contribution in [2.45, 2.75) is 32.1 Å². The number of hydrogen-bond acceptors (Lipinski definition) is 5. The van der Waals surface area contributed by atoms with Gasteiger partial charge in [-0.15, -0.1) is 0 Å². The molecule has 0 saturated carbocycles. The molecule has 8 heteroatoms. The zero-order valence-electron chi connectivity index (χ0n) is 19.2. The van der Waals surface area contributed by atoms with Crippen LogP contribution in [-0.2, 0) is 9.53 Å². The SMILES string of the molecule is CN(C)C(=O)CN=C(NCCCN1CCOCC1)N1CCC(CN2CCCCC2)C1. The van der Waals surface area contributed by atoms with E-state index in [0.29, 0.717) is 5.92 Å². The molecule has 0 radical (unpaired) electrons. The molecule has 0 aromatic carbocycles. The summed E-state index contributed by atoms with van der Waals surface area (Å²) in [6.45, 7) is 11.7. The Kier molecular flexibility index (Phi) is 9.68. The standard InChI is InChI=1S/C22H42N6O2/c1-25(2)21(29)17-24-22(23-8-6-11-26-13-15-30-16-14-26)28-12-7-20(19-28)18-27-9-4-3-5-10-27/h20H,3-19H2,1-2H3,(H,23,24). The molecular weight excluding hydrogens is 380 g/mol. The van der Waals surface area contributed by atoms with E-state index in [1.165, 1.54) is 45.3 Å². The number of morpholine rings is 1. The van der Waals surface area contributed by atoms with Crippen LogP contribution in [0.4, 0.5) is 0 Å². The summed E-state index contributed by atoms with van der Waals surface area (Å²) in [5.41, 5.74) is 0. The van der Waals surface area contributed by atoms with Gasteiger partial charge in [0.25, 0.3) is 0 Å². The molecular formula is C22H42N6O2. The van der Waals surface area contributed by atoms with Gasteiger partial charge in [0.1, 0.15) is 6.54 Å². The van der Waals surface area contributed by atoms with Crippen LogP contribution in [-0.4, -0.2) is 124 Å². The lowest BCUT2D eigenvalue weighted by atomic mass is 10.1. The summed E-state index contributed by atoms with van der Waals surface area (Å²) in [5.74, 6) is 1.66. The maximum atomic E-state index is 12.1. The maximum Gasteiger partial charge on any atom is 0.243 e. The zero-order chi connectivity index (χ0) is 21.2. The van der Waals surface area contributed by atoms with Crippen LogP contribution in [0, 0.1) is 5.92 Å². The van der Waals surface area contributed by atoms with Gasteiger partial charge in [0.05, 0.1) is 13.2 Å². The number of nitrogens with one attached hydrogen (secondary N) is 1. The molecule has 172 valence electrons. The fourth-order valence-electron chi connectivity index (χ4n) is 4.56. The van der Waals surface area contributed by atoms with Gasteiger partial charge in [-0.25, -0.2) is 4.99 Å². The lowest BCUT2D eigenvalue weighted by molar-refractivity contribution is -0.127. The Morgan fingerprint density at radius 2 is 1.83 bits per heavy atom. The second-order valence-corrected chi connectivity index (χ2v) is 9.12. The summed E-state index contributed by atoms with van der Waals surface area (Å²) in [6, 6.07) is 0. The molecule has 3 aliphatic heterocycles. The maximum absolute atomic E-state index is 12.1. The third-order valence-corrected chi connectivity index (χ3v) is 6.45. The Morgan fingerprint density at radius 3 is 2.57 bits per heavy atom. The summed E-state index contributed by atoms with van der Waals surface area (Å²) < 4.78 is 5.43. The Bertz CT molecular complexity index is 544. The lowest BCUT2D eigenvalue weighted by Gasteiger charge is -2.29. The number of aliphatic imine (C=N–C) groups is 1. The number of piperidine rings is 1. The van der Waals surface area contributed by atoms with Crippen molar-refractivity contribution in [2.75, 3.05) is 92.8 Å². The predicted octanol–water partition coefficient (Wildman–Crippen LogP) is 0.550. The van der Waals surface area contributed by atoms with Crippen molar-refractivity contribution in [3.05, 3.63) is 0 Å². The Morgan fingerprint density at radius 1 is 1.07 bits per heavy atom. The van der Waals surface area contributed by atoms with Gasteiger partial charge >= 0.3 is 0 Å². The molecule has 0 aromatic heterocycles. The first-order chi connectivity index (χ1) is 14.6. The second kappa shape index (κ2) is 12.5. The quantitative estimate of drug-likeness (QED) is 0.350. The molecule has 0 aromatic rings. The second-order valence-electron chi connectivity index (χ2n) is 9.12. The molecule has 1 N–H and O–H groups in total. The summed E-state index contributed by atoms with van der Waals surface area (Å²) >= 11 is 0. The molecule has 3 saturated heterocycles. The highest BCUT2D eigenvalue weighted by molar-refractivity contribution is 5.85. The minimum Gasteiger partial charge on any atom is -0.379 e. The van der Waals surface area contributed by atoms with Gasteiger partial charge in [-0.05, 0) is 51.2 Å². The van der Waals surface area contributed by atoms with Crippen molar-refractivity contribution in [1.82, 2.24) is 24.9 Å². The molecule has 1 unspecified atom stereocenters. The summed E-state index contributed by atoms with van der Waals surface area (Å²) in [7, 11) is 3.58. The average molecular weight is 423 g/mol. The van der Waals surface area contributed by atoms with Crippen LogP contribution in [0.2, 0.25) is 0 Å². The van der Waals surface area contributed by atoms with Crippen LogP contribution in [0.5, 0.6) is 0 Å². The van der Waals surface area contributed by atoms with Gasteiger partial charge in [-0.3, -0.25) is 9.69 Å². The van der Waals surface area contributed by atoms with Crippen molar-refractivity contribution in [3.8, 4) is 0 Å². The van der Waals surface area contributed by atoms with Crippen molar-refractivity contribution >= 4 is 11.9 Å². The van der Waals surface area contributed by atoms with Gasteiger partial charge in [0.2, 0.25) is 5.91 Å². The molecule has 3 heterocycles. The third-order valence-electron chi connectivity index (χ3n) is 6.45. The number of guanidine groups is 1. The van der Waals surface area contributed by atoms with Gasteiger partial charge in [-0.1, -0.05) is 6.42 Å². The fraction of sp³-hybridized carbons (Fsp3) is 0.909. The minimum atomic E-state index is 0.0479. The molecule has 3 fully saturated rings. The number of likely N-dealkylation sites (N-methyl/N-ethyl adjacent to an activating group) is 1. The van der Waals surface area contributed by atoms with E-state index in [1.807, 2.05) is 0 Å². The molecule has 1 amide bonds. The van der Waals surface area contributed by atoms with E-state index >= 15 is 0 Å². The highest BCUT2D eigenvalue weighted by Crippen LogP contribution is 2.20. The van der Waals surface area contributed by atoms with E-state index in [2.05, 4.69) is 25.0 Å². The number of nitrogens with zero attached hydrogens (tertiary/aromatic N) is 5. The Balaban J connectivity index is 1.47. The smallest absolute Gasteiger partial charge is 0.243 e. The topological polar surface area (TPSA) is 63.7 Å². The van der Waals surface area contributed by atoms with Crippen LogP contribution in [0.3, 0.4) is 0 Å². The highest BCUT2D eigenvalue weighted by atomic mass is 16.5. The fourth-order valence-corrected chi connectivity index (χ4v) is 4.56. The van der Waals surface area contributed by atoms with E-state index in [-0.39, 0.29) is 12.5 Å². The van der Waals surface area contributed by atoms with Crippen molar-refractivity contribution < 1.29 is 9.53 Å². The Labute approximate surface area is 182 Å². The molecule has 8 nitrogen and oxygen atoms in total. The van der Waals surface area contributed by atoms with Crippen LogP contribution in [0.15, 0.2) is 4.99 Å². The first-order valence-corrected chi connectivity index (χ1v) is 11.9. The predicted molar refractivity (Wildman–Crippen MR) is 121 cm³/mol. The number of rotatable bonds is 8. The van der Waals surface area contributed by atoms with Gasteiger partial charge in [-0.2, -0.15) is 0 Å². The van der Waals surface area contributed by atoms with E-state index in [4.69, 9.17) is 4.74 Å². The zero-order valence-corrected chi connectivity index (χ0v) is 19.2. The number of carbonyl (C=O) groups excluding carboxylic acids is 1. The first-order valence-electron chi connectivity index (χ1n) is 11.9. The Hall–Kier alpha value is -1.38. The van der Waals surface area contributed by atoms with Gasteiger partial charge < -0.3 is 24.8 Å². The highest BCUT2D eigenvalue weighted by Gasteiger charge is 2.27. The summed E-state index contributed by atoms with van der Waals surface area (Å²) in [5, 5.41) is 3.55. The number of hydrogen-bond donors (Lipinski definition) is 1. The molecule has 0 aliphatic carbocycles. The first kappa shape index (κ1) is 23.3. The molecule has 0 bridgehead atoms. The van der Waals surface area contributed by atoms with Crippen molar-refractivity contribution in [1.29, 1.82) is 0 Å². The summed E-state index contributed by atoms with van der Waals surface area (Å²) in [4.78, 5) is 25.8. The van der Waals surface area contributed by atoms with Crippen molar-refractivity contribution in [2.24, 2.45) is 10.9 Å². The van der Waals surface area contributed by atoms with Crippen LogP contribution < -0.4 is 5.32 Å². The number of amides is 1. The van der Waals surface area contributed by atoms with E-state index < -0.39 is 0 Å². The van der Waals surface area contributed by atoms with Crippen LogP contribution >= 0.6 is 0 Å². The third kappa shape index (κ3) is 7.71. The lowest BCUT2D eigenvalue weighted by Crippen LogP contribution is -2.43. The molecule has 1 atom stereocenters. The van der Waals surface area contributed by atoms with E-state index in [0.717, 1.165) is 64.9 Å². The van der Waals surface area contributed by atoms with Crippen LogP contribution in [0.25, 0.3) is 0 Å². The summed E-state index contributed by atoms with van der Waals surface area (Å²) in [6.07, 6.45) is 6.37. The number of ether oxygens (including phenoxy) is 1. The van der Waals surface area contributed by atoms with E-state index in [1.54, 1.807) is 19.0 Å². The number of carbonyl (C=O) groups is 1. The van der Waals surface area contributed by atoms with Crippen molar-refractivity contribution in [3.63, 3.8) is 0 Å². The average Bonchev–Trinajstić information content (AvgIpc) is 3.22. The molecule has 3 aliphatic rings. The minimum absolute atomic E-state index is 0.0479. The van der Waals surface area contributed by atoms with Crippen LogP contribution in [0.1, 0.15) is 32.1 Å². The molecule has 3 rings (SSSR count). The van der Waals surface area contributed by atoms with Gasteiger partial charge in [0.15, 0.2) is 5.96 Å².